The summed E-state index contributed by atoms with van der Waals surface area (Å²) in [6.07, 6.45) is -0.0881. The molecule has 0 aliphatic carbocycles. The summed E-state index contributed by atoms with van der Waals surface area (Å²) < 4.78 is 5.98. The van der Waals surface area contributed by atoms with Crippen molar-refractivity contribution < 1.29 is 29.0 Å². The molecule has 4 aromatic carbocycles. The number of aryl methyl sites for hydroxylation is 1. The van der Waals surface area contributed by atoms with E-state index in [1.807, 2.05) is 78.9 Å². The first kappa shape index (κ1) is 28.4. The lowest BCUT2D eigenvalue weighted by Crippen LogP contribution is -2.54. The average Bonchev–Trinajstić information content (AvgIpc) is 2.98. The van der Waals surface area contributed by atoms with E-state index < -0.39 is 42.2 Å². The van der Waals surface area contributed by atoms with Gasteiger partial charge in [-0.05, 0) is 58.1 Å². The van der Waals surface area contributed by atoms with Crippen molar-refractivity contribution in [2.24, 2.45) is 0 Å². The maximum Gasteiger partial charge on any atom is 0.305 e. The topological polar surface area (TPSA) is 134 Å². The van der Waals surface area contributed by atoms with Crippen molar-refractivity contribution in [3.8, 4) is 11.5 Å². The number of amides is 3. The fourth-order valence-corrected chi connectivity index (χ4v) is 4.97. The summed E-state index contributed by atoms with van der Waals surface area (Å²) in [6.45, 7) is 0.229. The van der Waals surface area contributed by atoms with Crippen LogP contribution in [0.25, 0.3) is 10.8 Å². The van der Waals surface area contributed by atoms with Crippen molar-refractivity contribution in [2.75, 3.05) is 0 Å². The maximum absolute atomic E-state index is 13.5. The molecule has 4 aromatic rings. The van der Waals surface area contributed by atoms with Crippen LogP contribution >= 0.6 is 0 Å². The normalized spacial score (nSPS) is 17.4. The Bertz CT molecular complexity index is 1610. The Balaban J connectivity index is 1.41. The lowest BCUT2D eigenvalue weighted by molar-refractivity contribution is -0.141. The quantitative estimate of drug-likeness (QED) is 0.290. The maximum atomic E-state index is 13.5. The summed E-state index contributed by atoms with van der Waals surface area (Å²) in [6, 6.07) is 25.8. The Morgan fingerprint density at radius 2 is 1.60 bits per heavy atom. The van der Waals surface area contributed by atoms with E-state index in [0.717, 1.165) is 27.5 Å². The van der Waals surface area contributed by atoms with E-state index in [0.29, 0.717) is 17.9 Å². The highest BCUT2D eigenvalue weighted by atomic mass is 16.5. The van der Waals surface area contributed by atoms with E-state index in [1.165, 1.54) is 0 Å². The van der Waals surface area contributed by atoms with Crippen molar-refractivity contribution in [1.82, 2.24) is 16.0 Å². The van der Waals surface area contributed by atoms with Crippen LogP contribution in [0.5, 0.6) is 11.5 Å². The number of rotatable bonds is 5. The van der Waals surface area contributed by atoms with Crippen LogP contribution in [0.1, 0.15) is 29.5 Å². The van der Waals surface area contributed by atoms with E-state index in [-0.39, 0.29) is 19.4 Å². The van der Waals surface area contributed by atoms with Gasteiger partial charge in [0.2, 0.25) is 17.7 Å². The zero-order valence-corrected chi connectivity index (χ0v) is 22.8. The molecular formula is C33H31N3O6. The standard InChI is InChI=1S/C33H31N3O6/c37-30-16-13-21-5-3-9-26(17-21)42-25-14-11-22(12-15-25)18-28(36-33(41)29(35-30)19-31(38)39)32(40)34-20-24-8-4-7-23-6-1-2-10-27(23)24/h1-12,14-15,17,28-29H,13,16,18-20H2,(H,34,40)(H,35,37)(H,36,41)(H,38,39)/t28-,29-/m0/s1. The third kappa shape index (κ3) is 7.31. The highest BCUT2D eigenvalue weighted by Gasteiger charge is 2.29. The second-order valence-corrected chi connectivity index (χ2v) is 10.2. The smallest absolute Gasteiger partial charge is 0.305 e. The summed E-state index contributed by atoms with van der Waals surface area (Å²) >= 11 is 0. The van der Waals surface area contributed by atoms with Crippen LogP contribution in [0, 0.1) is 0 Å². The van der Waals surface area contributed by atoms with Crippen LogP contribution < -0.4 is 20.7 Å². The fourth-order valence-electron chi connectivity index (χ4n) is 4.97. The molecule has 0 saturated carbocycles. The number of benzene rings is 4. The van der Waals surface area contributed by atoms with Crippen LogP contribution in [-0.4, -0.2) is 40.9 Å². The third-order valence-corrected chi connectivity index (χ3v) is 7.13. The summed E-state index contributed by atoms with van der Waals surface area (Å²) in [5, 5.41) is 19.6. The Morgan fingerprint density at radius 3 is 2.40 bits per heavy atom. The molecule has 9 nitrogen and oxygen atoms in total. The third-order valence-electron chi connectivity index (χ3n) is 7.13. The van der Waals surface area contributed by atoms with E-state index in [1.54, 1.807) is 12.1 Å². The Kier molecular flexibility index (Phi) is 8.77. The minimum absolute atomic E-state index is 0.0378. The first-order valence-electron chi connectivity index (χ1n) is 13.8. The average molecular weight is 566 g/mol. The van der Waals surface area contributed by atoms with Gasteiger partial charge in [-0.25, -0.2) is 0 Å². The summed E-state index contributed by atoms with van der Waals surface area (Å²) in [5.74, 6) is -1.71. The molecule has 4 bridgehead atoms. The van der Waals surface area contributed by atoms with Gasteiger partial charge >= 0.3 is 5.97 Å². The van der Waals surface area contributed by atoms with Crippen LogP contribution in [-0.2, 0) is 38.6 Å². The first-order valence-corrected chi connectivity index (χ1v) is 13.8. The van der Waals surface area contributed by atoms with E-state index in [2.05, 4.69) is 16.0 Å². The Hall–Kier alpha value is -5.18. The molecule has 2 aliphatic rings. The summed E-state index contributed by atoms with van der Waals surface area (Å²) in [7, 11) is 0. The van der Waals surface area contributed by atoms with Gasteiger partial charge in [-0.2, -0.15) is 0 Å². The van der Waals surface area contributed by atoms with Gasteiger partial charge in [0.1, 0.15) is 23.6 Å². The van der Waals surface area contributed by atoms with Crippen molar-refractivity contribution in [3.63, 3.8) is 0 Å². The first-order chi connectivity index (χ1) is 20.3. The molecule has 2 aliphatic heterocycles. The number of hydrogen-bond acceptors (Lipinski definition) is 5. The van der Waals surface area contributed by atoms with Gasteiger partial charge in [-0.1, -0.05) is 66.7 Å². The molecule has 0 saturated heterocycles. The molecule has 0 unspecified atom stereocenters. The van der Waals surface area contributed by atoms with Gasteiger partial charge in [0.15, 0.2) is 0 Å². The second-order valence-electron chi connectivity index (χ2n) is 10.2. The molecule has 214 valence electrons. The summed E-state index contributed by atoms with van der Waals surface area (Å²) in [4.78, 5) is 51.1. The molecule has 6 rings (SSSR count). The van der Waals surface area contributed by atoms with Gasteiger partial charge in [-0.15, -0.1) is 0 Å². The molecule has 0 spiro atoms. The second kappa shape index (κ2) is 13.0. The number of hydrogen-bond donors (Lipinski definition) is 4. The van der Waals surface area contributed by atoms with E-state index >= 15 is 0 Å². The predicted octanol–water partition coefficient (Wildman–Crippen LogP) is 3.88. The van der Waals surface area contributed by atoms with Crippen LogP contribution in [0.4, 0.5) is 0 Å². The van der Waals surface area contributed by atoms with Gasteiger partial charge in [0.05, 0.1) is 6.42 Å². The number of ether oxygens (including phenoxy) is 1. The molecule has 3 amide bonds. The molecule has 0 fully saturated rings. The highest BCUT2D eigenvalue weighted by Crippen LogP contribution is 2.24. The number of carbonyl (C=O) groups excluding carboxylic acids is 3. The highest BCUT2D eigenvalue weighted by molar-refractivity contribution is 5.94. The SMILES string of the molecule is O=C(O)C[C@@H]1NC(=O)CCc2cccc(c2)Oc2ccc(cc2)C[C@@H](C(=O)NCc2cccc3ccccc23)NC1=O. The molecule has 2 atom stereocenters. The summed E-state index contributed by atoms with van der Waals surface area (Å²) in [5.41, 5.74) is 2.52. The number of nitrogens with one attached hydrogen (secondary N) is 3. The number of aliphatic carboxylic acids is 1. The lowest BCUT2D eigenvalue weighted by atomic mass is 10.0. The number of carboxylic acid groups (broad SMARTS) is 1. The number of carboxylic acids is 1. The van der Waals surface area contributed by atoms with Crippen molar-refractivity contribution in [2.45, 2.75) is 44.3 Å². The molecule has 9 heteroatoms. The number of carbonyl (C=O) groups is 4. The Labute approximate surface area is 242 Å². The monoisotopic (exact) mass is 565 g/mol. The van der Waals surface area contributed by atoms with Crippen LogP contribution in [0.2, 0.25) is 0 Å². The van der Waals surface area contributed by atoms with Gasteiger partial charge in [0.25, 0.3) is 0 Å². The minimum Gasteiger partial charge on any atom is -0.481 e. The predicted molar refractivity (Wildman–Crippen MR) is 157 cm³/mol. The van der Waals surface area contributed by atoms with Crippen molar-refractivity contribution in [1.29, 1.82) is 0 Å². The zero-order chi connectivity index (χ0) is 29.5. The zero-order valence-electron chi connectivity index (χ0n) is 22.8. The van der Waals surface area contributed by atoms with Crippen LogP contribution in [0.3, 0.4) is 0 Å². The van der Waals surface area contributed by atoms with Gasteiger partial charge in [-0.3, -0.25) is 19.2 Å². The molecule has 42 heavy (non-hydrogen) atoms. The Morgan fingerprint density at radius 1 is 0.833 bits per heavy atom. The molecule has 2 heterocycles. The molecular weight excluding hydrogens is 534 g/mol. The van der Waals surface area contributed by atoms with Gasteiger partial charge in [0, 0.05) is 19.4 Å². The van der Waals surface area contributed by atoms with E-state index in [9.17, 15) is 24.3 Å². The fraction of sp³-hybridized carbons (Fsp3) is 0.212. The van der Waals surface area contributed by atoms with Crippen LogP contribution in [0.15, 0.2) is 91.0 Å². The lowest BCUT2D eigenvalue weighted by Gasteiger charge is -2.23. The molecule has 0 aromatic heterocycles. The van der Waals surface area contributed by atoms with Gasteiger partial charge < -0.3 is 25.8 Å². The number of fused-ring (bicyclic) bond motifs is 11. The molecule has 0 radical (unpaired) electrons. The minimum atomic E-state index is -1.35. The van der Waals surface area contributed by atoms with Crippen molar-refractivity contribution in [3.05, 3.63) is 108 Å². The molecule has 4 N–H and O–H groups in total. The van der Waals surface area contributed by atoms with Crippen molar-refractivity contribution >= 4 is 34.5 Å². The van der Waals surface area contributed by atoms with E-state index in [4.69, 9.17) is 4.74 Å². The largest absolute Gasteiger partial charge is 0.481 e.